The highest BCUT2D eigenvalue weighted by molar-refractivity contribution is 6.27. The highest BCUT2D eigenvalue weighted by Crippen LogP contribution is 2.40. The molecule has 0 aliphatic heterocycles. The molecule has 74 heavy (non-hydrogen) atoms. The number of unbranched alkanes of at least 4 members (excludes halogenated alkanes) is 1. The summed E-state index contributed by atoms with van der Waals surface area (Å²) in [6, 6.07) is 42.9. The molecule has 0 radical (unpaired) electrons. The monoisotopic (exact) mass is 986 g/mol. The Morgan fingerprint density at radius 1 is 0.595 bits per heavy atom. The second-order valence-corrected chi connectivity index (χ2v) is 19.3. The molecular weight excluding hydrogens is 925 g/mol. The van der Waals surface area contributed by atoms with Gasteiger partial charge in [-0.25, -0.2) is 9.59 Å². The fourth-order valence-electron chi connectivity index (χ4n) is 10.7. The van der Waals surface area contributed by atoms with Crippen LogP contribution in [0.15, 0.2) is 138 Å². The smallest absolute Gasteiger partial charge is 0.332 e. The molecule has 9 rings (SSSR count). The van der Waals surface area contributed by atoms with Gasteiger partial charge in [-0.15, -0.1) is 0 Å². The summed E-state index contributed by atoms with van der Waals surface area (Å²) in [4.78, 5) is 62.2. The molecule has 11 heteroatoms. The van der Waals surface area contributed by atoms with Crippen LogP contribution in [0.5, 0.6) is 0 Å². The van der Waals surface area contributed by atoms with E-state index >= 15 is 0 Å². The summed E-state index contributed by atoms with van der Waals surface area (Å²) in [5.74, 6) is -1.03. The number of nitrogens with zero attached hydrogens (tertiary/aromatic N) is 4. The van der Waals surface area contributed by atoms with Crippen molar-refractivity contribution < 1.29 is 33.6 Å². The minimum absolute atomic E-state index is 0.00526. The van der Waals surface area contributed by atoms with Crippen LogP contribution < -0.4 is 0 Å². The van der Waals surface area contributed by atoms with E-state index in [1.165, 1.54) is 13.8 Å². The third kappa shape index (κ3) is 10.1. The van der Waals surface area contributed by atoms with Gasteiger partial charge >= 0.3 is 17.9 Å². The molecule has 2 heterocycles. The molecule has 1 atom stereocenters. The fourth-order valence-corrected chi connectivity index (χ4v) is 10.7. The molecule has 7 aromatic carbocycles. The lowest BCUT2D eigenvalue weighted by atomic mass is 9.89. The Bertz CT molecular complexity index is 3700. The van der Waals surface area contributed by atoms with E-state index in [9.17, 15) is 19.2 Å². The van der Waals surface area contributed by atoms with Crippen molar-refractivity contribution in [2.24, 2.45) is 16.2 Å². The Morgan fingerprint density at radius 2 is 1.20 bits per heavy atom. The first-order valence-electron chi connectivity index (χ1n) is 25.7. The van der Waals surface area contributed by atoms with Gasteiger partial charge in [0.25, 0.3) is 0 Å². The molecule has 0 fully saturated rings. The Labute approximate surface area is 431 Å². The van der Waals surface area contributed by atoms with Crippen molar-refractivity contribution in [2.45, 2.75) is 100 Å². The largest absolute Gasteiger partial charge is 0.466 e. The van der Waals surface area contributed by atoms with Crippen LogP contribution in [-0.2, 0) is 35.3 Å². The molecule has 0 amide bonds. The van der Waals surface area contributed by atoms with Gasteiger partial charge in [0, 0.05) is 92.8 Å². The lowest BCUT2D eigenvalue weighted by Crippen LogP contribution is -2.11. The summed E-state index contributed by atoms with van der Waals surface area (Å²) < 4.78 is 9.80. The van der Waals surface area contributed by atoms with Crippen molar-refractivity contribution in [1.82, 2.24) is 9.13 Å². The van der Waals surface area contributed by atoms with Crippen molar-refractivity contribution in [2.75, 3.05) is 6.61 Å². The molecule has 0 saturated heterocycles. The maximum absolute atomic E-state index is 14.9. The summed E-state index contributed by atoms with van der Waals surface area (Å²) in [6.07, 6.45) is 4.72. The zero-order valence-corrected chi connectivity index (χ0v) is 43.5. The molecule has 0 spiro atoms. The summed E-state index contributed by atoms with van der Waals surface area (Å²) in [6.45, 7) is 16.1. The van der Waals surface area contributed by atoms with E-state index in [0.717, 1.165) is 126 Å². The Balaban J connectivity index is 1.18. The number of rotatable bonds is 18. The standard InChI is InChI=1S/C63H62N4O7/c1-9-12-17-43(10-2)37-66-56-29-25-46(35-52(56)53-36-54(48-18-13-14-20-50(48)62(53)66)63(71)60-39(5)32-38(4)33-40(60)6)61(65-74-42(8)69)44-22-26-47(27-23-44)67-57-21-16-15-19-49(57)51-34-45(24-30-58(51)67)55(64-73-41(7)68)28-31-59(70)72-11-3/h13-16,18-27,29-30,32-36,43H,9-12,17,28,31,37H2,1-8H3/b64-55+,65-61-. The van der Waals surface area contributed by atoms with Crippen LogP contribution in [0.3, 0.4) is 0 Å². The number of ketones is 1. The minimum atomic E-state index is -0.563. The number of carbonyl (C=O) groups is 4. The first-order chi connectivity index (χ1) is 35.8. The van der Waals surface area contributed by atoms with Crippen molar-refractivity contribution in [3.05, 3.63) is 172 Å². The first-order valence-corrected chi connectivity index (χ1v) is 25.7. The van der Waals surface area contributed by atoms with Crippen LogP contribution in [-0.4, -0.2) is 50.9 Å². The van der Waals surface area contributed by atoms with Crippen LogP contribution in [0.1, 0.15) is 122 Å². The minimum Gasteiger partial charge on any atom is -0.466 e. The normalized spacial score (nSPS) is 12.5. The SMILES string of the molecule is CCCCC(CC)Cn1c2ccc(/C(=N\OC(C)=O)c3ccc(-n4c5ccccc5c5cc(/C(CCC(=O)OCC)=N/OC(C)=O)ccc54)cc3)cc2c2cc(C(=O)c3c(C)cc(C)cc3C)c3ccccc3c21. The van der Waals surface area contributed by atoms with Gasteiger partial charge in [0.2, 0.25) is 0 Å². The molecule has 0 saturated carbocycles. The van der Waals surface area contributed by atoms with Gasteiger partial charge in [-0.05, 0) is 105 Å². The second kappa shape index (κ2) is 21.9. The topological polar surface area (TPSA) is 131 Å². The van der Waals surface area contributed by atoms with Crippen LogP contribution >= 0.6 is 0 Å². The molecule has 2 aromatic heterocycles. The van der Waals surface area contributed by atoms with E-state index in [1.807, 2.05) is 80.6 Å². The van der Waals surface area contributed by atoms with Gasteiger partial charge in [0.1, 0.15) is 5.71 Å². The van der Waals surface area contributed by atoms with Crippen molar-refractivity contribution in [3.63, 3.8) is 0 Å². The van der Waals surface area contributed by atoms with Gasteiger partial charge < -0.3 is 23.5 Å². The van der Waals surface area contributed by atoms with Crippen molar-refractivity contribution in [1.29, 1.82) is 0 Å². The Hall–Kier alpha value is -8.18. The molecule has 0 aliphatic rings. The number of para-hydroxylation sites is 1. The van der Waals surface area contributed by atoms with E-state index in [2.05, 4.69) is 101 Å². The summed E-state index contributed by atoms with van der Waals surface area (Å²) in [5, 5.41) is 14.5. The van der Waals surface area contributed by atoms with E-state index in [0.29, 0.717) is 28.5 Å². The van der Waals surface area contributed by atoms with Gasteiger partial charge in [-0.1, -0.05) is 128 Å². The number of carbonyl (C=O) groups excluding carboxylic acids is 4. The molecule has 1 unspecified atom stereocenters. The zero-order valence-electron chi connectivity index (χ0n) is 43.5. The summed E-state index contributed by atoms with van der Waals surface area (Å²) in [7, 11) is 0. The van der Waals surface area contributed by atoms with Crippen LogP contribution in [0.25, 0.3) is 60.1 Å². The van der Waals surface area contributed by atoms with E-state index in [1.54, 1.807) is 6.92 Å². The van der Waals surface area contributed by atoms with Crippen LogP contribution in [0.4, 0.5) is 0 Å². The predicted molar refractivity (Wildman–Crippen MR) is 297 cm³/mol. The van der Waals surface area contributed by atoms with Gasteiger partial charge in [0.15, 0.2) is 5.78 Å². The Kier molecular flexibility index (Phi) is 15.0. The molecule has 11 nitrogen and oxygen atoms in total. The third-order valence-corrected chi connectivity index (χ3v) is 14.1. The molecular formula is C63H62N4O7. The second-order valence-electron chi connectivity index (χ2n) is 19.3. The average Bonchev–Trinajstić information content (AvgIpc) is 3.90. The molecule has 9 aromatic rings. The average molecular weight is 987 g/mol. The number of fused-ring (bicyclic) bond motifs is 8. The number of hydrogen-bond acceptors (Lipinski definition) is 9. The molecule has 0 N–H and O–H groups in total. The number of benzene rings is 7. The van der Waals surface area contributed by atoms with E-state index in [4.69, 9.17) is 14.4 Å². The number of oxime groups is 2. The fraction of sp³-hybridized carbons (Fsp3) is 0.270. The van der Waals surface area contributed by atoms with Crippen molar-refractivity contribution in [3.8, 4) is 5.69 Å². The maximum atomic E-state index is 14.9. The number of aryl methyl sites for hydroxylation is 3. The van der Waals surface area contributed by atoms with E-state index in [-0.39, 0.29) is 31.2 Å². The highest BCUT2D eigenvalue weighted by Gasteiger charge is 2.25. The van der Waals surface area contributed by atoms with Gasteiger partial charge in [-0.2, -0.15) is 0 Å². The van der Waals surface area contributed by atoms with Gasteiger partial charge in [0.05, 0.1) is 35.3 Å². The van der Waals surface area contributed by atoms with E-state index < -0.39 is 11.9 Å². The summed E-state index contributed by atoms with van der Waals surface area (Å²) >= 11 is 0. The number of aromatic nitrogens is 2. The zero-order chi connectivity index (χ0) is 52.2. The molecule has 0 aliphatic carbocycles. The Morgan fingerprint density at radius 3 is 1.89 bits per heavy atom. The quantitative estimate of drug-likeness (QED) is 0.0275. The molecule has 0 bridgehead atoms. The van der Waals surface area contributed by atoms with Gasteiger partial charge in [-0.3, -0.25) is 9.59 Å². The maximum Gasteiger partial charge on any atom is 0.332 e. The number of hydrogen-bond donors (Lipinski definition) is 0. The highest BCUT2D eigenvalue weighted by atomic mass is 16.7. The third-order valence-electron chi connectivity index (χ3n) is 14.1. The number of ether oxygens (including phenoxy) is 1. The van der Waals surface area contributed by atoms with Crippen LogP contribution in [0, 0.1) is 26.7 Å². The lowest BCUT2D eigenvalue weighted by molar-refractivity contribution is -0.143. The van der Waals surface area contributed by atoms with Crippen molar-refractivity contribution >= 4 is 89.5 Å². The molecule has 376 valence electrons. The summed E-state index contributed by atoms with van der Waals surface area (Å²) in [5.41, 5.74) is 12.4. The van der Waals surface area contributed by atoms with Crippen LogP contribution in [0.2, 0.25) is 0 Å². The predicted octanol–water partition coefficient (Wildman–Crippen LogP) is 14.3. The number of esters is 1. The first kappa shape index (κ1) is 50.7. The lowest BCUT2D eigenvalue weighted by Gasteiger charge is -2.19.